The summed E-state index contributed by atoms with van der Waals surface area (Å²) in [7, 11) is 0. The van der Waals surface area contributed by atoms with Gasteiger partial charge in [-0.15, -0.1) is 11.3 Å². The Labute approximate surface area is 126 Å². The van der Waals surface area contributed by atoms with Gasteiger partial charge < -0.3 is 0 Å². The van der Waals surface area contributed by atoms with Crippen molar-refractivity contribution in [2.24, 2.45) is 0 Å². The Kier molecular flexibility index (Phi) is 3.98. The van der Waals surface area contributed by atoms with Crippen LogP contribution in [-0.4, -0.2) is 15.1 Å². The second kappa shape index (κ2) is 5.74. The summed E-state index contributed by atoms with van der Waals surface area (Å²) in [5.74, 6) is 1.70. The van der Waals surface area contributed by atoms with Crippen LogP contribution in [0.2, 0.25) is 0 Å². The zero-order valence-electron chi connectivity index (χ0n) is 11.6. The van der Waals surface area contributed by atoms with Crippen LogP contribution in [0.15, 0.2) is 23.0 Å². The van der Waals surface area contributed by atoms with Gasteiger partial charge in [-0.3, -0.25) is 9.20 Å². The highest BCUT2D eigenvalue weighted by molar-refractivity contribution is 7.98. The first-order valence-corrected chi connectivity index (χ1v) is 8.87. The second-order valence-corrected chi connectivity index (χ2v) is 7.38. The molecule has 3 rings (SSSR count). The maximum absolute atomic E-state index is 12.3. The van der Waals surface area contributed by atoms with Crippen LogP contribution in [-0.2, 0) is 18.6 Å². The van der Waals surface area contributed by atoms with Crippen molar-refractivity contribution in [1.82, 2.24) is 9.38 Å². The maximum atomic E-state index is 12.3. The molecule has 20 heavy (non-hydrogen) atoms. The Morgan fingerprint density at radius 2 is 2.30 bits per heavy atom. The van der Waals surface area contributed by atoms with Gasteiger partial charge >= 0.3 is 0 Å². The molecule has 1 aliphatic rings. The Balaban J connectivity index is 1.94. The number of thioether (sulfide) groups is 1. The first-order valence-electron chi connectivity index (χ1n) is 6.90. The van der Waals surface area contributed by atoms with Crippen molar-refractivity contribution >= 4 is 28.1 Å². The number of fused-ring (bicyclic) bond motifs is 3. The van der Waals surface area contributed by atoms with Crippen molar-refractivity contribution in [3.63, 3.8) is 0 Å². The molecule has 0 atom stereocenters. The van der Waals surface area contributed by atoms with E-state index in [2.05, 4.69) is 11.6 Å². The predicted octanol–water partition coefficient (Wildman–Crippen LogP) is 3.44. The lowest BCUT2D eigenvalue weighted by Gasteiger charge is -2.10. The van der Waals surface area contributed by atoms with Gasteiger partial charge in [0.15, 0.2) is 4.96 Å². The summed E-state index contributed by atoms with van der Waals surface area (Å²) < 4.78 is 1.83. The minimum Gasteiger partial charge on any atom is -0.269 e. The summed E-state index contributed by atoms with van der Waals surface area (Å²) in [5.41, 5.74) is 3.33. The van der Waals surface area contributed by atoms with Crippen LogP contribution in [0.1, 0.15) is 36.0 Å². The van der Waals surface area contributed by atoms with Gasteiger partial charge in [0.2, 0.25) is 0 Å². The molecule has 0 fully saturated rings. The fourth-order valence-corrected chi connectivity index (χ4v) is 4.59. The first kappa shape index (κ1) is 13.9. The number of hydrogen-bond donors (Lipinski definition) is 0. The molecule has 2 aromatic rings. The molecule has 0 spiro atoms. The molecule has 3 nitrogen and oxygen atoms in total. The van der Waals surface area contributed by atoms with Crippen molar-refractivity contribution in [2.45, 2.75) is 38.4 Å². The van der Waals surface area contributed by atoms with Gasteiger partial charge in [0.05, 0.1) is 5.69 Å². The van der Waals surface area contributed by atoms with Crippen LogP contribution in [0.25, 0.3) is 4.96 Å². The number of aryl methyl sites for hydroxylation is 2. The number of rotatable bonds is 4. The predicted molar refractivity (Wildman–Crippen MR) is 87.0 cm³/mol. The van der Waals surface area contributed by atoms with Gasteiger partial charge in [-0.2, -0.15) is 11.8 Å². The van der Waals surface area contributed by atoms with Crippen molar-refractivity contribution in [3.05, 3.63) is 44.8 Å². The Morgan fingerprint density at radius 1 is 1.50 bits per heavy atom. The molecule has 0 saturated heterocycles. The Bertz CT molecular complexity index is 714. The van der Waals surface area contributed by atoms with Crippen molar-refractivity contribution in [3.8, 4) is 0 Å². The third kappa shape index (κ3) is 2.69. The minimum absolute atomic E-state index is 0.0836. The zero-order chi connectivity index (χ0) is 14.1. The van der Waals surface area contributed by atoms with Gasteiger partial charge in [0.1, 0.15) is 0 Å². The molecule has 0 unspecified atom stereocenters. The highest BCUT2D eigenvalue weighted by Crippen LogP contribution is 2.28. The van der Waals surface area contributed by atoms with Crippen molar-refractivity contribution < 1.29 is 0 Å². The zero-order valence-corrected chi connectivity index (χ0v) is 13.3. The molecule has 0 aromatic carbocycles. The van der Waals surface area contributed by atoms with E-state index in [9.17, 15) is 4.79 Å². The highest BCUT2D eigenvalue weighted by Gasteiger charge is 2.18. The Morgan fingerprint density at radius 3 is 3.10 bits per heavy atom. The summed E-state index contributed by atoms with van der Waals surface area (Å²) in [5, 5.41) is 0. The van der Waals surface area contributed by atoms with E-state index in [0.717, 1.165) is 40.6 Å². The quantitative estimate of drug-likeness (QED) is 0.812. The number of hydrogen-bond acceptors (Lipinski definition) is 4. The molecule has 5 heteroatoms. The molecular formula is C15H18N2OS2. The number of aromatic nitrogens is 2. The average Bonchev–Trinajstić information content (AvgIpc) is 2.76. The van der Waals surface area contributed by atoms with Crippen LogP contribution < -0.4 is 5.56 Å². The van der Waals surface area contributed by atoms with Gasteiger partial charge in [-0.05, 0) is 32.6 Å². The van der Waals surface area contributed by atoms with Crippen molar-refractivity contribution in [2.75, 3.05) is 5.75 Å². The largest absolute Gasteiger partial charge is 0.269 e. The third-order valence-corrected chi connectivity index (χ3v) is 5.75. The smallest absolute Gasteiger partial charge is 0.259 e. The van der Waals surface area contributed by atoms with E-state index in [0.29, 0.717) is 0 Å². The molecular weight excluding hydrogens is 288 g/mol. The van der Waals surface area contributed by atoms with Gasteiger partial charge in [-0.25, -0.2) is 4.98 Å². The van der Waals surface area contributed by atoms with Crippen LogP contribution in [0.3, 0.4) is 0 Å². The lowest BCUT2D eigenvalue weighted by atomic mass is 10.0. The normalized spacial score (nSPS) is 14.4. The third-order valence-electron chi connectivity index (χ3n) is 3.41. The minimum atomic E-state index is 0.0836. The van der Waals surface area contributed by atoms with Crippen LogP contribution >= 0.6 is 23.1 Å². The molecule has 0 amide bonds. The van der Waals surface area contributed by atoms with E-state index in [4.69, 9.17) is 0 Å². The van der Waals surface area contributed by atoms with Crippen LogP contribution in [0, 0.1) is 0 Å². The highest BCUT2D eigenvalue weighted by atomic mass is 32.2. The molecule has 106 valence electrons. The first-order chi connectivity index (χ1) is 9.65. The van der Waals surface area contributed by atoms with E-state index in [1.807, 2.05) is 11.3 Å². The van der Waals surface area contributed by atoms with E-state index in [1.165, 1.54) is 23.4 Å². The molecule has 0 aliphatic heterocycles. The fraction of sp³-hybridized carbons (Fsp3) is 0.467. The average molecular weight is 306 g/mol. The van der Waals surface area contributed by atoms with Gasteiger partial charge in [0, 0.05) is 28.1 Å². The monoisotopic (exact) mass is 306 g/mol. The lowest BCUT2D eigenvalue weighted by molar-refractivity contribution is 0.670. The molecule has 1 aliphatic carbocycles. The summed E-state index contributed by atoms with van der Waals surface area (Å²) in [6.45, 7) is 5.91. The maximum Gasteiger partial charge on any atom is 0.259 e. The second-order valence-electron chi connectivity index (χ2n) is 5.33. The standard InChI is InChI=1S/C15H18N2OS2/c1-10(2)8-19-9-11-7-14(18)17-12-5-3-4-6-13(12)20-15(17)16-11/h7H,1,3-6,8-9H2,2H3. The number of thiazole rings is 1. The lowest BCUT2D eigenvalue weighted by Crippen LogP contribution is -2.17. The van der Waals surface area contributed by atoms with Gasteiger partial charge in [-0.1, -0.05) is 12.2 Å². The molecule has 0 radical (unpaired) electrons. The summed E-state index contributed by atoms with van der Waals surface area (Å²) in [6, 6.07) is 1.69. The van der Waals surface area contributed by atoms with Crippen LogP contribution in [0.5, 0.6) is 0 Å². The SMILES string of the molecule is C=C(C)CSCc1cc(=O)n2c3c(sc2n1)CCCC3. The van der Waals surface area contributed by atoms with Crippen molar-refractivity contribution in [1.29, 1.82) is 0 Å². The molecule has 2 heterocycles. The van der Waals surface area contributed by atoms with E-state index in [-0.39, 0.29) is 5.56 Å². The summed E-state index contributed by atoms with van der Waals surface area (Å²) in [6.07, 6.45) is 4.53. The fourth-order valence-electron chi connectivity index (χ4n) is 2.55. The summed E-state index contributed by atoms with van der Waals surface area (Å²) >= 11 is 3.45. The number of nitrogens with zero attached hydrogens (tertiary/aromatic N) is 2. The molecule has 0 bridgehead atoms. The topological polar surface area (TPSA) is 34.4 Å². The summed E-state index contributed by atoms with van der Waals surface area (Å²) in [4.78, 5) is 19.2. The molecule has 0 N–H and O–H groups in total. The van der Waals surface area contributed by atoms with E-state index < -0.39 is 0 Å². The van der Waals surface area contributed by atoms with Gasteiger partial charge in [0.25, 0.3) is 5.56 Å². The van der Waals surface area contributed by atoms with E-state index >= 15 is 0 Å². The van der Waals surface area contributed by atoms with Crippen LogP contribution in [0.4, 0.5) is 0 Å². The Hall–Kier alpha value is -1.07. The molecule has 0 saturated carbocycles. The van der Waals surface area contributed by atoms with E-state index in [1.54, 1.807) is 29.2 Å². The molecule has 2 aromatic heterocycles.